The van der Waals surface area contributed by atoms with Gasteiger partial charge in [0, 0.05) is 18.2 Å². The first-order valence-corrected chi connectivity index (χ1v) is 5.72. The van der Waals surface area contributed by atoms with E-state index in [2.05, 4.69) is 10.3 Å². The molecule has 1 heterocycles. The average molecular weight is 219 g/mol. The molecule has 0 bridgehead atoms. The minimum atomic E-state index is -0.156. The molecule has 1 aliphatic rings. The molecule has 1 saturated carbocycles. The van der Waals surface area contributed by atoms with E-state index in [4.69, 9.17) is 5.73 Å². The Morgan fingerprint density at radius 3 is 2.62 bits per heavy atom. The molecule has 86 valence electrons. The number of hydrogen-bond acceptors (Lipinski definition) is 3. The van der Waals surface area contributed by atoms with Gasteiger partial charge in [0.05, 0.1) is 0 Å². The van der Waals surface area contributed by atoms with E-state index in [-0.39, 0.29) is 11.8 Å². The zero-order valence-corrected chi connectivity index (χ0v) is 9.23. The van der Waals surface area contributed by atoms with Gasteiger partial charge in [-0.3, -0.25) is 4.79 Å². The van der Waals surface area contributed by atoms with Crippen LogP contribution in [0.2, 0.25) is 0 Å². The minimum Gasteiger partial charge on any atom is -0.369 e. The smallest absolute Gasteiger partial charge is 0.220 e. The Hall–Kier alpha value is -1.58. The van der Waals surface area contributed by atoms with E-state index in [0.29, 0.717) is 6.04 Å². The lowest BCUT2D eigenvalue weighted by Crippen LogP contribution is -2.32. The fraction of sp³-hybridized carbons (Fsp3) is 0.500. The molecule has 1 fully saturated rings. The Morgan fingerprint density at radius 1 is 1.31 bits per heavy atom. The van der Waals surface area contributed by atoms with Gasteiger partial charge < -0.3 is 11.1 Å². The van der Waals surface area contributed by atoms with Gasteiger partial charge in [-0.05, 0) is 37.8 Å². The molecule has 1 aliphatic carbocycles. The highest BCUT2D eigenvalue weighted by molar-refractivity contribution is 5.76. The predicted octanol–water partition coefficient (Wildman–Crippen LogP) is 1.54. The molecule has 0 unspecified atom stereocenters. The number of amides is 1. The van der Waals surface area contributed by atoms with Gasteiger partial charge >= 0.3 is 0 Å². The summed E-state index contributed by atoms with van der Waals surface area (Å²) in [5.74, 6) is 0.822. The van der Waals surface area contributed by atoms with Crippen molar-refractivity contribution in [1.29, 1.82) is 0 Å². The fourth-order valence-corrected chi connectivity index (χ4v) is 2.18. The van der Waals surface area contributed by atoms with Crippen LogP contribution in [0.3, 0.4) is 0 Å². The standard InChI is InChI=1S/C12H17N3O/c13-12(16)9-4-6-10(7-5-9)15-11-3-1-2-8-14-11/h1-3,8-10H,4-7H2,(H2,13,16)(H,14,15)/t9-,10+. The van der Waals surface area contributed by atoms with Gasteiger partial charge in [-0.2, -0.15) is 0 Å². The van der Waals surface area contributed by atoms with Gasteiger partial charge in [0.25, 0.3) is 0 Å². The maximum absolute atomic E-state index is 11.0. The quantitative estimate of drug-likeness (QED) is 0.810. The highest BCUT2D eigenvalue weighted by Crippen LogP contribution is 2.25. The van der Waals surface area contributed by atoms with Crippen LogP contribution >= 0.6 is 0 Å². The molecular formula is C12H17N3O. The van der Waals surface area contributed by atoms with Crippen molar-refractivity contribution in [2.75, 3.05) is 5.32 Å². The number of nitrogens with one attached hydrogen (secondary N) is 1. The van der Waals surface area contributed by atoms with Crippen molar-refractivity contribution in [2.24, 2.45) is 11.7 Å². The van der Waals surface area contributed by atoms with Crippen molar-refractivity contribution in [3.8, 4) is 0 Å². The maximum atomic E-state index is 11.0. The highest BCUT2D eigenvalue weighted by atomic mass is 16.1. The molecular weight excluding hydrogens is 202 g/mol. The fourth-order valence-electron chi connectivity index (χ4n) is 2.18. The Labute approximate surface area is 95.3 Å². The molecule has 0 radical (unpaired) electrons. The van der Waals surface area contributed by atoms with Gasteiger partial charge in [-0.25, -0.2) is 4.98 Å². The Balaban J connectivity index is 1.84. The first-order valence-electron chi connectivity index (χ1n) is 5.72. The molecule has 1 aromatic heterocycles. The summed E-state index contributed by atoms with van der Waals surface area (Å²) in [6.07, 6.45) is 5.53. The van der Waals surface area contributed by atoms with Crippen LogP contribution < -0.4 is 11.1 Å². The number of pyridine rings is 1. The average Bonchev–Trinajstić information content (AvgIpc) is 2.31. The lowest BCUT2D eigenvalue weighted by Gasteiger charge is -2.27. The Kier molecular flexibility index (Phi) is 3.39. The van der Waals surface area contributed by atoms with Crippen LogP contribution in [0.25, 0.3) is 0 Å². The lowest BCUT2D eigenvalue weighted by molar-refractivity contribution is -0.122. The summed E-state index contributed by atoms with van der Waals surface area (Å²) in [6.45, 7) is 0. The zero-order valence-electron chi connectivity index (χ0n) is 9.23. The molecule has 4 heteroatoms. The van der Waals surface area contributed by atoms with Gasteiger partial charge in [0.2, 0.25) is 5.91 Å². The Bertz CT molecular complexity index is 345. The third-order valence-electron chi connectivity index (χ3n) is 3.15. The number of hydrogen-bond donors (Lipinski definition) is 2. The number of primary amides is 1. The molecule has 0 aromatic carbocycles. The Morgan fingerprint density at radius 2 is 2.06 bits per heavy atom. The van der Waals surface area contributed by atoms with Crippen molar-refractivity contribution in [3.05, 3.63) is 24.4 Å². The third kappa shape index (κ3) is 2.72. The van der Waals surface area contributed by atoms with Crippen LogP contribution in [0.1, 0.15) is 25.7 Å². The largest absolute Gasteiger partial charge is 0.369 e. The molecule has 2 rings (SSSR count). The molecule has 0 saturated heterocycles. The molecule has 1 aromatic rings. The van der Waals surface area contributed by atoms with Crippen molar-refractivity contribution in [3.63, 3.8) is 0 Å². The molecule has 0 spiro atoms. The number of aromatic nitrogens is 1. The van der Waals surface area contributed by atoms with Gasteiger partial charge in [0.15, 0.2) is 0 Å². The topological polar surface area (TPSA) is 68.0 Å². The second-order valence-electron chi connectivity index (χ2n) is 4.31. The number of nitrogens with two attached hydrogens (primary N) is 1. The van der Waals surface area contributed by atoms with E-state index in [1.54, 1.807) is 6.20 Å². The summed E-state index contributed by atoms with van der Waals surface area (Å²) in [5, 5.41) is 3.38. The highest BCUT2D eigenvalue weighted by Gasteiger charge is 2.24. The molecule has 16 heavy (non-hydrogen) atoms. The zero-order chi connectivity index (χ0) is 11.4. The summed E-state index contributed by atoms with van der Waals surface area (Å²) in [5.41, 5.74) is 5.29. The first kappa shape index (κ1) is 10.9. The van der Waals surface area contributed by atoms with E-state index >= 15 is 0 Å². The normalized spacial score (nSPS) is 25.0. The van der Waals surface area contributed by atoms with E-state index in [9.17, 15) is 4.79 Å². The number of carbonyl (C=O) groups excluding carboxylic acids is 1. The first-order chi connectivity index (χ1) is 7.75. The molecule has 4 nitrogen and oxygen atoms in total. The lowest BCUT2D eigenvalue weighted by atomic mass is 9.85. The van der Waals surface area contributed by atoms with Crippen LogP contribution in [0.15, 0.2) is 24.4 Å². The van der Waals surface area contributed by atoms with Crippen molar-refractivity contribution in [2.45, 2.75) is 31.7 Å². The van der Waals surface area contributed by atoms with Gasteiger partial charge in [-0.15, -0.1) is 0 Å². The van der Waals surface area contributed by atoms with E-state index < -0.39 is 0 Å². The third-order valence-corrected chi connectivity index (χ3v) is 3.15. The molecule has 3 N–H and O–H groups in total. The number of anilines is 1. The second-order valence-corrected chi connectivity index (χ2v) is 4.31. The summed E-state index contributed by atoms with van der Waals surface area (Å²) in [7, 11) is 0. The van der Waals surface area contributed by atoms with E-state index in [0.717, 1.165) is 31.5 Å². The summed E-state index contributed by atoms with van der Waals surface area (Å²) in [4.78, 5) is 15.2. The molecule has 1 amide bonds. The van der Waals surface area contributed by atoms with Crippen LogP contribution in [0, 0.1) is 5.92 Å². The number of nitrogens with zero attached hydrogens (tertiary/aromatic N) is 1. The second kappa shape index (κ2) is 4.96. The van der Waals surface area contributed by atoms with Gasteiger partial charge in [0.1, 0.15) is 5.82 Å². The van der Waals surface area contributed by atoms with Crippen molar-refractivity contribution in [1.82, 2.24) is 4.98 Å². The van der Waals surface area contributed by atoms with Crippen LogP contribution in [-0.4, -0.2) is 16.9 Å². The number of carbonyl (C=O) groups is 1. The van der Waals surface area contributed by atoms with Crippen LogP contribution in [0.4, 0.5) is 5.82 Å². The van der Waals surface area contributed by atoms with Crippen LogP contribution in [0.5, 0.6) is 0 Å². The molecule has 0 aliphatic heterocycles. The van der Waals surface area contributed by atoms with E-state index in [1.807, 2.05) is 18.2 Å². The maximum Gasteiger partial charge on any atom is 0.220 e. The summed E-state index contributed by atoms with van der Waals surface area (Å²) in [6, 6.07) is 6.24. The summed E-state index contributed by atoms with van der Waals surface area (Å²) >= 11 is 0. The van der Waals surface area contributed by atoms with Crippen molar-refractivity contribution >= 4 is 11.7 Å². The van der Waals surface area contributed by atoms with E-state index in [1.165, 1.54) is 0 Å². The predicted molar refractivity (Wildman–Crippen MR) is 62.8 cm³/mol. The SMILES string of the molecule is NC(=O)[C@H]1CC[C@@H](Nc2ccccn2)CC1. The van der Waals surface area contributed by atoms with Crippen molar-refractivity contribution < 1.29 is 4.79 Å². The van der Waals surface area contributed by atoms with Gasteiger partial charge in [-0.1, -0.05) is 6.07 Å². The monoisotopic (exact) mass is 219 g/mol. The minimum absolute atomic E-state index is 0.0711. The summed E-state index contributed by atoms with van der Waals surface area (Å²) < 4.78 is 0. The number of rotatable bonds is 3. The molecule has 0 atom stereocenters. The van der Waals surface area contributed by atoms with Crippen LogP contribution in [-0.2, 0) is 4.79 Å².